The molecule has 3 heteroatoms. The lowest BCUT2D eigenvalue weighted by Gasteiger charge is -2.39. The number of nitrogens with zero attached hydrogens (tertiary/aromatic N) is 1. The number of ketones is 1. The van der Waals surface area contributed by atoms with Gasteiger partial charge < -0.3 is 4.74 Å². The molecule has 1 aromatic carbocycles. The largest absolute Gasteiger partial charge is 0.493 e. The van der Waals surface area contributed by atoms with Gasteiger partial charge in [-0.3, -0.25) is 9.69 Å². The van der Waals surface area contributed by atoms with Gasteiger partial charge in [-0.2, -0.15) is 0 Å². The Morgan fingerprint density at radius 2 is 1.95 bits per heavy atom. The molecule has 0 unspecified atom stereocenters. The van der Waals surface area contributed by atoms with Gasteiger partial charge in [-0.25, -0.2) is 0 Å². The average molecular weight is 273 g/mol. The number of hydrogen-bond acceptors (Lipinski definition) is 3. The van der Waals surface area contributed by atoms with Crippen LogP contribution in [0.3, 0.4) is 0 Å². The molecule has 0 bridgehead atoms. The fourth-order valence-electron chi connectivity index (χ4n) is 3.28. The topological polar surface area (TPSA) is 29.5 Å². The standard InChI is InChI=1S/C17H23NO2/c1-17(2,18-9-4-3-5-10-18)16(19)14-6-7-15-13(12-14)8-11-20-15/h6-7,12H,3-5,8-11H2,1-2H3. The highest BCUT2D eigenvalue weighted by molar-refractivity contribution is 6.03. The van der Waals surface area contributed by atoms with Crippen LogP contribution >= 0.6 is 0 Å². The number of piperidine rings is 1. The molecule has 0 amide bonds. The van der Waals surface area contributed by atoms with Crippen molar-refractivity contribution < 1.29 is 9.53 Å². The van der Waals surface area contributed by atoms with Crippen molar-refractivity contribution in [2.45, 2.75) is 45.1 Å². The number of rotatable bonds is 3. The van der Waals surface area contributed by atoms with Crippen LogP contribution in [0, 0.1) is 0 Å². The zero-order valence-corrected chi connectivity index (χ0v) is 12.4. The van der Waals surface area contributed by atoms with Crippen LogP contribution in [-0.2, 0) is 6.42 Å². The Kier molecular flexibility index (Phi) is 3.55. The van der Waals surface area contributed by atoms with Crippen molar-refractivity contribution >= 4 is 5.78 Å². The molecule has 0 radical (unpaired) electrons. The maximum Gasteiger partial charge on any atom is 0.182 e. The van der Waals surface area contributed by atoms with E-state index >= 15 is 0 Å². The predicted octanol–water partition coefficient (Wildman–Crippen LogP) is 3.07. The minimum Gasteiger partial charge on any atom is -0.493 e. The summed E-state index contributed by atoms with van der Waals surface area (Å²) in [6, 6.07) is 5.89. The van der Waals surface area contributed by atoms with Crippen LogP contribution in [0.1, 0.15) is 49.0 Å². The van der Waals surface area contributed by atoms with Crippen molar-refractivity contribution in [3.63, 3.8) is 0 Å². The first kappa shape index (κ1) is 13.6. The number of hydrogen-bond donors (Lipinski definition) is 0. The van der Waals surface area contributed by atoms with Gasteiger partial charge >= 0.3 is 0 Å². The minimum atomic E-state index is -0.409. The van der Waals surface area contributed by atoms with Gasteiger partial charge in [0, 0.05) is 12.0 Å². The predicted molar refractivity (Wildman–Crippen MR) is 79.5 cm³/mol. The smallest absolute Gasteiger partial charge is 0.182 e. The maximum atomic E-state index is 12.9. The summed E-state index contributed by atoms with van der Waals surface area (Å²) in [6.45, 7) is 6.93. The van der Waals surface area contributed by atoms with Crippen molar-refractivity contribution in [2.75, 3.05) is 19.7 Å². The average Bonchev–Trinajstić information content (AvgIpc) is 2.94. The minimum absolute atomic E-state index is 0.231. The molecule has 0 atom stereocenters. The van der Waals surface area contributed by atoms with Crippen molar-refractivity contribution in [3.05, 3.63) is 29.3 Å². The quantitative estimate of drug-likeness (QED) is 0.793. The molecule has 0 saturated carbocycles. The lowest BCUT2D eigenvalue weighted by Crippen LogP contribution is -2.52. The van der Waals surface area contributed by atoms with E-state index in [1.54, 1.807) is 0 Å². The normalized spacial score (nSPS) is 19.5. The van der Waals surface area contributed by atoms with Gasteiger partial charge in [-0.05, 0) is 63.5 Å². The summed E-state index contributed by atoms with van der Waals surface area (Å²) in [5.41, 5.74) is 1.59. The van der Waals surface area contributed by atoms with Crippen molar-refractivity contribution in [2.24, 2.45) is 0 Å². The van der Waals surface area contributed by atoms with E-state index in [2.05, 4.69) is 18.7 Å². The van der Waals surface area contributed by atoms with E-state index < -0.39 is 5.54 Å². The summed E-state index contributed by atoms with van der Waals surface area (Å²) in [5, 5.41) is 0. The third-order valence-electron chi connectivity index (χ3n) is 4.65. The third-order valence-corrected chi connectivity index (χ3v) is 4.65. The lowest BCUT2D eigenvalue weighted by atomic mass is 9.88. The van der Waals surface area contributed by atoms with Crippen molar-refractivity contribution in [1.29, 1.82) is 0 Å². The van der Waals surface area contributed by atoms with E-state index in [9.17, 15) is 4.79 Å². The Balaban J connectivity index is 1.83. The molecular weight excluding hydrogens is 250 g/mol. The van der Waals surface area contributed by atoms with Crippen LogP contribution in [-0.4, -0.2) is 35.9 Å². The molecule has 0 N–H and O–H groups in total. The first-order valence-electron chi connectivity index (χ1n) is 7.64. The summed E-state index contributed by atoms with van der Waals surface area (Å²) < 4.78 is 5.51. The number of carbonyl (C=O) groups is 1. The zero-order chi connectivity index (χ0) is 14.2. The van der Waals surface area contributed by atoms with E-state index in [1.165, 1.54) is 24.8 Å². The molecule has 20 heavy (non-hydrogen) atoms. The highest BCUT2D eigenvalue weighted by Gasteiger charge is 2.36. The van der Waals surface area contributed by atoms with Crippen LogP contribution in [0.15, 0.2) is 18.2 Å². The van der Waals surface area contributed by atoms with Crippen LogP contribution in [0.25, 0.3) is 0 Å². The van der Waals surface area contributed by atoms with Crippen LogP contribution in [0.5, 0.6) is 5.75 Å². The van der Waals surface area contributed by atoms with Crippen molar-refractivity contribution in [3.8, 4) is 5.75 Å². The Labute approximate surface area is 120 Å². The molecule has 3 rings (SSSR count). The molecule has 0 spiro atoms. The fraction of sp³-hybridized carbons (Fsp3) is 0.588. The van der Waals surface area contributed by atoms with Gasteiger partial charge in [-0.15, -0.1) is 0 Å². The van der Waals surface area contributed by atoms with Gasteiger partial charge in [0.05, 0.1) is 12.1 Å². The van der Waals surface area contributed by atoms with Gasteiger partial charge in [0.25, 0.3) is 0 Å². The van der Waals surface area contributed by atoms with E-state index in [1.807, 2.05) is 18.2 Å². The van der Waals surface area contributed by atoms with E-state index in [0.29, 0.717) is 0 Å². The van der Waals surface area contributed by atoms with E-state index in [4.69, 9.17) is 4.74 Å². The summed E-state index contributed by atoms with van der Waals surface area (Å²) >= 11 is 0. The molecule has 0 aliphatic carbocycles. The van der Waals surface area contributed by atoms with Gasteiger partial charge in [0.2, 0.25) is 0 Å². The molecular formula is C17H23NO2. The molecule has 108 valence electrons. The number of benzene rings is 1. The summed E-state index contributed by atoms with van der Waals surface area (Å²) in [7, 11) is 0. The molecule has 2 heterocycles. The zero-order valence-electron chi connectivity index (χ0n) is 12.4. The first-order chi connectivity index (χ1) is 9.59. The maximum absolute atomic E-state index is 12.9. The molecule has 2 aliphatic rings. The molecule has 2 aliphatic heterocycles. The Hall–Kier alpha value is -1.35. The molecule has 3 nitrogen and oxygen atoms in total. The second-order valence-electron chi connectivity index (χ2n) is 6.36. The number of fused-ring (bicyclic) bond motifs is 1. The SMILES string of the molecule is CC(C)(C(=O)c1ccc2c(c1)CCO2)N1CCCCC1. The van der Waals surface area contributed by atoms with Gasteiger partial charge in [0.1, 0.15) is 5.75 Å². The van der Waals surface area contributed by atoms with Crippen LogP contribution in [0.4, 0.5) is 0 Å². The van der Waals surface area contributed by atoms with Gasteiger partial charge in [-0.1, -0.05) is 6.42 Å². The number of ether oxygens (including phenoxy) is 1. The fourth-order valence-corrected chi connectivity index (χ4v) is 3.28. The first-order valence-corrected chi connectivity index (χ1v) is 7.64. The number of likely N-dealkylation sites (tertiary alicyclic amines) is 1. The summed E-state index contributed by atoms with van der Waals surface area (Å²) in [4.78, 5) is 15.2. The Morgan fingerprint density at radius 1 is 1.20 bits per heavy atom. The molecule has 1 fully saturated rings. The monoisotopic (exact) mass is 273 g/mol. The van der Waals surface area contributed by atoms with Gasteiger partial charge in [0.15, 0.2) is 5.78 Å². The van der Waals surface area contributed by atoms with E-state index in [-0.39, 0.29) is 5.78 Å². The molecule has 0 aromatic heterocycles. The van der Waals surface area contributed by atoms with Crippen LogP contribution < -0.4 is 4.74 Å². The Morgan fingerprint density at radius 3 is 2.70 bits per heavy atom. The third kappa shape index (κ3) is 2.35. The number of carbonyl (C=O) groups excluding carboxylic acids is 1. The highest BCUT2D eigenvalue weighted by atomic mass is 16.5. The molecule has 1 saturated heterocycles. The summed E-state index contributed by atoms with van der Waals surface area (Å²) in [5.74, 6) is 1.17. The summed E-state index contributed by atoms with van der Waals surface area (Å²) in [6.07, 6.45) is 4.61. The van der Waals surface area contributed by atoms with Crippen molar-refractivity contribution in [1.82, 2.24) is 4.90 Å². The molecule has 1 aromatic rings. The number of Topliss-reactive ketones (excluding diaryl/α,β-unsaturated/α-hetero) is 1. The second-order valence-corrected chi connectivity index (χ2v) is 6.36. The van der Waals surface area contributed by atoms with Crippen LogP contribution in [0.2, 0.25) is 0 Å². The highest BCUT2D eigenvalue weighted by Crippen LogP contribution is 2.29. The lowest BCUT2D eigenvalue weighted by molar-refractivity contribution is 0.0579. The second kappa shape index (κ2) is 5.21. The van der Waals surface area contributed by atoms with E-state index in [0.717, 1.165) is 37.4 Å². The Bertz CT molecular complexity index is 516.